The van der Waals surface area contributed by atoms with Crippen LogP contribution in [-0.4, -0.2) is 42.2 Å². The van der Waals surface area contributed by atoms with E-state index in [9.17, 15) is 5.11 Å². The zero-order valence-corrected chi connectivity index (χ0v) is 12.9. The van der Waals surface area contributed by atoms with Crippen LogP contribution < -0.4 is 4.90 Å². The second-order valence-corrected chi connectivity index (χ2v) is 6.06. The summed E-state index contributed by atoms with van der Waals surface area (Å²) >= 11 is 6.25. The van der Waals surface area contributed by atoms with Crippen molar-refractivity contribution in [1.29, 1.82) is 0 Å². The number of rotatable bonds is 2. The minimum atomic E-state index is -0.521. The molecule has 3 atom stereocenters. The zero-order valence-electron chi connectivity index (χ0n) is 12.1. The van der Waals surface area contributed by atoms with Gasteiger partial charge in [0.05, 0.1) is 6.10 Å². The van der Waals surface area contributed by atoms with Crippen LogP contribution in [0.5, 0.6) is 0 Å². The first-order valence-corrected chi connectivity index (χ1v) is 7.22. The van der Waals surface area contributed by atoms with Gasteiger partial charge >= 0.3 is 0 Å². The van der Waals surface area contributed by atoms with E-state index in [-0.39, 0.29) is 0 Å². The number of piperazine rings is 1. The Morgan fingerprint density at radius 3 is 2.32 bits per heavy atom. The highest BCUT2D eigenvalue weighted by atomic mass is 35.5. The Hall–Kier alpha value is -0.770. The van der Waals surface area contributed by atoms with Crippen LogP contribution >= 0.6 is 11.6 Å². The summed E-state index contributed by atoms with van der Waals surface area (Å²) in [6.45, 7) is 8.24. The number of benzene rings is 1. The first-order chi connectivity index (χ1) is 8.90. The van der Waals surface area contributed by atoms with Gasteiger partial charge in [0.1, 0.15) is 0 Å². The molecule has 106 valence electrons. The number of aliphatic hydroxyl groups is 1. The zero-order chi connectivity index (χ0) is 14.2. The van der Waals surface area contributed by atoms with Crippen molar-refractivity contribution in [3.8, 4) is 0 Å². The molecule has 0 spiro atoms. The molecule has 1 aliphatic rings. The van der Waals surface area contributed by atoms with Gasteiger partial charge in [0.2, 0.25) is 0 Å². The highest BCUT2D eigenvalue weighted by Crippen LogP contribution is 2.29. The third kappa shape index (κ3) is 3.04. The maximum Gasteiger partial charge on any atom is 0.0776 e. The molecule has 19 heavy (non-hydrogen) atoms. The third-order valence-electron chi connectivity index (χ3n) is 4.16. The second kappa shape index (κ2) is 5.70. The molecule has 3 unspecified atom stereocenters. The molecule has 0 bridgehead atoms. The lowest BCUT2D eigenvalue weighted by Gasteiger charge is -2.43. The van der Waals surface area contributed by atoms with Crippen molar-refractivity contribution in [3.63, 3.8) is 0 Å². The van der Waals surface area contributed by atoms with E-state index in [1.807, 2.05) is 12.1 Å². The van der Waals surface area contributed by atoms with E-state index < -0.39 is 6.10 Å². The predicted octanol–water partition coefficient (Wildman–Crippen LogP) is 2.92. The summed E-state index contributed by atoms with van der Waals surface area (Å²) in [4.78, 5) is 4.77. The normalized spacial score (nSPS) is 26.5. The van der Waals surface area contributed by atoms with E-state index in [1.165, 1.54) is 0 Å². The molecule has 0 saturated carbocycles. The minimum Gasteiger partial charge on any atom is -0.389 e. The summed E-state index contributed by atoms with van der Waals surface area (Å²) in [7, 11) is 2.18. The lowest BCUT2D eigenvalue weighted by atomic mass is 10.1. The van der Waals surface area contributed by atoms with Crippen molar-refractivity contribution in [2.75, 3.05) is 25.0 Å². The van der Waals surface area contributed by atoms with Gasteiger partial charge < -0.3 is 10.0 Å². The molecular weight excluding hydrogens is 260 g/mol. The van der Waals surface area contributed by atoms with Gasteiger partial charge in [-0.15, -0.1) is 0 Å². The van der Waals surface area contributed by atoms with Crippen molar-refractivity contribution < 1.29 is 5.11 Å². The molecular formula is C15H23ClN2O. The largest absolute Gasteiger partial charge is 0.389 e. The van der Waals surface area contributed by atoms with Gasteiger partial charge in [-0.05, 0) is 45.5 Å². The van der Waals surface area contributed by atoms with Crippen molar-refractivity contribution in [2.24, 2.45) is 0 Å². The first kappa shape index (κ1) is 14.6. The summed E-state index contributed by atoms with van der Waals surface area (Å²) in [5.74, 6) is 0. The molecule has 1 N–H and O–H groups in total. The molecule has 1 fully saturated rings. The van der Waals surface area contributed by atoms with Crippen molar-refractivity contribution in [1.82, 2.24) is 4.90 Å². The molecule has 0 aliphatic carbocycles. The maximum absolute atomic E-state index is 9.62. The van der Waals surface area contributed by atoms with Gasteiger partial charge in [-0.2, -0.15) is 0 Å². The molecule has 1 heterocycles. The molecule has 1 aliphatic heterocycles. The lowest BCUT2D eigenvalue weighted by molar-refractivity contribution is 0.170. The molecule has 1 saturated heterocycles. The Morgan fingerprint density at radius 2 is 1.84 bits per heavy atom. The number of likely N-dealkylation sites (N-methyl/N-ethyl adjacent to an activating group) is 1. The standard InChI is InChI=1S/C15H23ClN2O/c1-10-8-18(9-11(2)17(10)4)13-5-6-14(12(3)19)15(16)7-13/h5-7,10-12,19H,8-9H2,1-4H3. The number of anilines is 1. The fourth-order valence-corrected chi connectivity index (χ4v) is 3.00. The van der Waals surface area contributed by atoms with Crippen LogP contribution in [0.2, 0.25) is 5.02 Å². The fourth-order valence-electron chi connectivity index (χ4n) is 2.67. The van der Waals surface area contributed by atoms with Crippen LogP contribution in [0.4, 0.5) is 5.69 Å². The molecule has 0 aromatic heterocycles. The van der Waals surface area contributed by atoms with Crippen LogP contribution in [0, 0.1) is 0 Å². The number of aliphatic hydroxyl groups excluding tert-OH is 1. The highest BCUT2D eigenvalue weighted by Gasteiger charge is 2.26. The molecule has 0 radical (unpaired) electrons. The van der Waals surface area contributed by atoms with Crippen LogP contribution in [0.15, 0.2) is 18.2 Å². The predicted molar refractivity (Wildman–Crippen MR) is 81.0 cm³/mol. The van der Waals surface area contributed by atoms with E-state index in [4.69, 9.17) is 11.6 Å². The minimum absolute atomic E-state index is 0.521. The number of hydrogen-bond donors (Lipinski definition) is 1. The Kier molecular flexibility index (Phi) is 4.39. The molecule has 4 heteroatoms. The van der Waals surface area contributed by atoms with Gasteiger partial charge in [-0.1, -0.05) is 17.7 Å². The van der Waals surface area contributed by atoms with Crippen LogP contribution in [-0.2, 0) is 0 Å². The van der Waals surface area contributed by atoms with E-state index in [2.05, 4.69) is 36.8 Å². The SMILES string of the molecule is CC(O)c1ccc(N2CC(C)N(C)C(C)C2)cc1Cl. The quantitative estimate of drug-likeness (QED) is 0.903. The van der Waals surface area contributed by atoms with E-state index in [0.29, 0.717) is 17.1 Å². The smallest absolute Gasteiger partial charge is 0.0776 e. The number of hydrogen-bond acceptors (Lipinski definition) is 3. The molecule has 2 rings (SSSR count). The van der Waals surface area contributed by atoms with Crippen molar-refractivity contribution in [2.45, 2.75) is 39.0 Å². The van der Waals surface area contributed by atoms with Gasteiger partial charge in [0.15, 0.2) is 0 Å². The summed E-state index contributed by atoms with van der Waals surface area (Å²) in [5, 5.41) is 10.3. The van der Waals surface area contributed by atoms with Crippen LogP contribution in [0.3, 0.4) is 0 Å². The summed E-state index contributed by atoms with van der Waals surface area (Å²) in [6.07, 6.45) is -0.521. The molecule has 3 nitrogen and oxygen atoms in total. The molecule has 1 aromatic carbocycles. The molecule has 1 aromatic rings. The van der Waals surface area contributed by atoms with E-state index in [0.717, 1.165) is 24.3 Å². The summed E-state index contributed by atoms with van der Waals surface area (Å²) in [5.41, 5.74) is 1.93. The van der Waals surface area contributed by atoms with Gasteiger partial charge in [0, 0.05) is 35.9 Å². The van der Waals surface area contributed by atoms with Crippen molar-refractivity contribution >= 4 is 17.3 Å². The average molecular weight is 283 g/mol. The Labute approximate surface area is 120 Å². The van der Waals surface area contributed by atoms with Gasteiger partial charge in [-0.25, -0.2) is 0 Å². The monoisotopic (exact) mass is 282 g/mol. The molecule has 0 amide bonds. The Morgan fingerprint density at radius 1 is 1.26 bits per heavy atom. The second-order valence-electron chi connectivity index (χ2n) is 5.65. The lowest BCUT2D eigenvalue weighted by Crippen LogP contribution is -2.55. The topological polar surface area (TPSA) is 26.7 Å². The highest BCUT2D eigenvalue weighted by molar-refractivity contribution is 6.31. The van der Waals surface area contributed by atoms with Gasteiger partial charge in [-0.3, -0.25) is 4.90 Å². The number of halogens is 1. The average Bonchev–Trinajstić information content (AvgIpc) is 2.34. The maximum atomic E-state index is 9.62. The Bertz CT molecular complexity index is 438. The first-order valence-electron chi connectivity index (χ1n) is 6.84. The van der Waals surface area contributed by atoms with Gasteiger partial charge in [0.25, 0.3) is 0 Å². The van der Waals surface area contributed by atoms with Crippen LogP contribution in [0.25, 0.3) is 0 Å². The van der Waals surface area contributed by atoms with Crippen LogP contribution in [0.1, 0.15) is 32.4 Å². The Balaban J connectivity index is 2.21. The van der Waals surface area contributed by atoms with E-state index in [1.54, 1.807) is 6.92 Å². The fraction of sp³-hybridized carbons (Fsp3) is 0.600. The van der Waals surface area contributed by atoms with E-state index >= 15 is 0 Å². The van der Waals surface area contributed by atoms with Crippen molar-refractivity contribution in [3.05, 3.63) is 28.8 Å². The number of nitrogens with zero attached hydrogens (tertiary/aromatic N) is 2. The summed E-state index contributed by atoms with van der Waals surface area (Å²) in [6, 6.07) is 7.00. The summed E-state index contributed by atoms with van der Waals surface area (Å²) < 4.78 is 0. The third-order valence-corrected chi connectivity index (χ3v) is 4.49.